The zero-order valence-electron chi connectivity index (χ0n) is 13.9. The summed E-state index contributed by atoms with van der Waals surface area (Å²) in [7, 11) is 0. The second-order valence-electron chi connectivity index (χ2n) is 6.34. The molecule has 4 heterocycles. The van der Waals surface area contributed by atoms with Gasteiger partial charge >= 0.3 is 0 Å². The SMILES string of the molecule is c1ncc(N2CCNCC2)cc1-c1cncc(N2CCNCC2)c1. The summed E-state index contributed by atoms with van der Waals surface area (Å²) >= 11 is 0. The molecule has 2 aliphatic heterocycles. The summed E-state index contributed by atoms with van der Waals surface area (Å²) in [6, 6.07) is 4.47. The summed E-state index contributed by atoms with van der Waals surface area (Å²) in [4.78, 5) is 13.7. The van der Waals surface area contributed by atoms with E-state index in [0.29, 0.717) is 0 Å². The molecule has 0 unspecified atom stereocenters. The first-order chi connectivity index (χ1) is 11.9. The number of hydrogen-bond donors (Lipinski definition) is 2. The molecule has 0 aliphatic carbocycles. The molecule has 0 amide bonds. The molecule has 0 atom stereocenters. The van der Waals surface area contributed by atoms with Crippen LogP contribution in [0, 0.1) is 0 Å². The Morgan fingerprint density at radius 2 is 1.04 bits per heavy atom. The highest BCUT2D eigenvalue weighted by atomic mass is 15.2. The van der Waals surface area contributed by atoms with Crippen molar-refractivity contribution < 1.29 is 0 Å². The fraction of sp³-hybridized carbons (Fsp3) is 0.444. The molecule has 24 heavy (non-hydrogen) atoms. The molecule has 2 saturated heterocycles. The lowest BCUT2D eigenvalue weighted by Gasteiger charge is -2.30. The topological polar surface area (TPSA) is 56.3 Å². The van der Waals surface area contributed by atoms with E-state index in [-0.39, 0.29) is 0 Å². The smallest absolute Gasteiger partial charge is 0.0559 e. The second-order valence-corrected chi connectivity index (χ2v) is 6.34. The van der Waals surface area contributed by atoms with E-state index in [2.05, 4.69) is 42.5 Å². The predicted molar refractivity (Wildman–Crippen MR) is 97.6 cm³/mol. The Kier molecular flexibility index (Phi) is 4.57. The van der Waals surface area contributed by atoms with E-state index in [4.69, 9.17) is 0 Å². The summed E-state index contributed by atoms with van der Waals surface area (Å²) in [6.45, 7) is 8.26. The molecule has 6 heteroatoms. The summed E-state index contributed by atoms with van der Waals surface area (Å²) in [5.74, 6) is 0. The van der Waals surface area contributed by atoms with Gasteiger partial charge in [-0.2, -0.15) is 0 Å². The predicted octanol–water partition coefficient (Wildman–Crippen LogP) is 0.963. The molecule has 2 aromatic heterocycles. The zero-order chi connectivity index (χ0) is 16.2. The largest absolute Gasteiger partial charge is 0.368 e. The first-order valence-corrected chi connectivity index (χ1v) is 8.72. The maximum absolute atomic E-state index is 4.46. The van der Waals surface area contributed by atoms with E-state index < -0.39 is 0 Å². The molecule has 2 aliphatic rings. The quantitative estimate of drug-likeness (QED) is 0.877. The van der Waals surface area contributed by atoms with Gasteiger partial charge in [0.1, 0.15) is 0 Å². The molecular formula is C18H24N6. The lowest BCUT2D eigenvalue weighted by molar-refractivity contribution is 0.588. The van der Waals surface area contributed by atoms with E-state index in [9.17, 15) is 0 Å². The zero-order valence-corrected chi connectivity index (χ0v) is 13.9. The van der Waals surface area contributed by atoms with Crippen molar-refractivity contribution in [1.82, 2.24) is 20.6 Å². The van der Waals surface area contributed by atoms with Gasteiger partial charge < -0.3 is 20.4 Å². The summed E-state index contributed by atoms with van der Waals surface area (Å²) in [5, 5.41) is 6.78. The van der Waals surface area contributed by atoms with Crippen LogP contribution in [0.3, 0.4) is 0 Å². The normalized spacial score (nSPS) is 18.7. The number of nitrogens with zero attached hydrogens (tertiary/aromatic N) is 4. The number of aromatic nitrogens is 2. The summed E-state index contributed by atoms with van der Waals surface area (Å²) in [5.41, 5.74) is 4.66. The van der Waals surface area contributed by atoms with Crippen LogP contribution < -0.4 is 20.4 Å². The minimum Gasteiger partial charge on any atom is -0.368 e. The van der Waals surface area contributed by atoms with Gasteiger partial charge in [-0.1, -0.05) is 0 Å². The molecule has 0 bridgehead atoms. The molecule has 6 nitrogen and oxygen atoms in total. The van der Waals surface area contributed by atoms with E-state index in [1.807, 2.05) is 24.8 Å². The van der Waals surface area contributed by atoms with Gasteiger partial charge in [0.25, 0.3) is 0 Å². The van der Waals surface area contributed by atoms with Gasteiger partial charge in [-0.3, -0.25) is 9.97 Å². The van der Waals surface area contributed by atoms with Crippen LogP contribution in [0.15, 0.2) is 36.9 Å². The third kappa shape index (κ3) is 3.34. The molecule has 0 saturated carbocycles. The van der Waals surface area contributed by atoms with Gasteiger partial charge in [0.05, 0.1) is 23.8 Å². The molecule has 4 rings (SSSR count). The fourth-order valence-electron chi connectivity index (χ4n) is 3.36. The van der Waals surface area contributed by atoms with Crippen LogP contribution >= 0.6 is 0 Å². The Morgan fingerprint density at radius 3 is 1.46 bits per heavy atom. The second kappa shape index (κ2) is 7.15. The minimum atomic E-state index is 1.03. The molecule has 2 aromatic rings. The summed E-state index contributed by atoms with van der Waals surface area (Å²) in [6.07, 6.45) is 7.79. The highest BCUT2D eigenvalue weighted by molar-refractivity contribution is 5.70. The molecule has 2 fully saturated rings. The van der Waals surface area contributed by atoms with Crippen LogP contribution in [0.1, 0.15) is 0 Å². The van der Waals surface area contributed by atoms with Crippen LogP contribution in [0.5, 0.6) is 0 Å². The molecule has 0 spiro atoms. The van der Waals surface area contributed by atoms with Crippen molar-refractivity contribution in [2.45, 2.75) is 0 Å². The number of nitrogens with one attached hydrogen (secondary N) is 2. The molecule has 126 valence electrons. The Labute approximate surface area is 142 Å². The van der Waals surface area contributed by atoms with Crippen LogP contribution in [-0.2, 0) is 0 Å². The fourth-order valence-corrected chi connectivity index (χ4v) is 3.36. The van der Waals surface area contributed by atoms with E-state index in [1.165, 1.54) is 11.4 Å². The molecular weight excluding hydrogens is 300 g/mol. The van der Waals surface area contributed by atoms with Crippen molar-refractivity contribution in [3.8, 4) is 11.1 Å². The van der Waals surface area contributed by atoms with Gasteiger partial charge in [0, 0.05) is 75.9 Å². The first kappa shape index (κ1) is 15.4. The number of pyridine rings is 2. The molecule has 2 N–H and O–H groups in total. The Hall–Kier alpha value is -2.18. The highest BCUT2D eigenvalue weighted by Gasteiger charge is 2.14. The molecule has 0 aromatic carbocycles. The first-order valence-electron chi connectivity index (χ1n) is 8.72. The van der Waals surface area contributed by atoms with E-state index in [1.54, 1.807) is 0 Å². The minimum absolute atomic E-state index is 1.03. The van der Waals surface area contributed by atoms with E-state index >= 15 is 0 Å². The van der Waals surface area contributed by atoms with Crippen molar-refractivity contribution in [2.75, 3.05) is 62.2 Å². The third-order valence-electron chi connectivity index (χ3n) is 4.75. The standard InChI is InChI=1S/C18H24N6/c1-5-23(6-2-19-1)17-9-15(11-21-13-17)16-10-18(14-22-12-16)24-7-3-20-4-8-24/h9-14,19-20H,1-8H2. The van der Waals surface area contributed by atoms with Crippen molar-refractivity contribution in [3.63, 3.8) is 0 Å². The van der Waals surface area contributed by atoms with Crippen molar-refractivity contribution >= 4 is 11.4 Å². The van der Waals surface area contributed by atoms with Gasteiger partial charge in [-0.15, -0.1) is 0 Å². The van der Waals surface area contributed by atoms with Gasteiger partial charge in [-0.05, 0) is 12.1 Å². The van der Waals surface area contributed by atoms with Crippen LogP contribution in [0.4, 0.5) is 11.4 Å². The van der Waals surface area contributed by atoms with Gasteiger partial charge in [-0.25, -0.2) is 0 Å². The number of anilines is 2. The van der Waals surface area contributed by atoms with Crippen molar-refractivity contribution in [1.29, 1.82) is 0 Å². The average molecular weight is 324 g/mol. The van der Waals surface area contributed by atoms with Gasteiger partial charge in [0.15, 0.2) is 0 Å². The molecule has 0 radical (unpaired) electrons. The number of piperazine rings is 2. The Balaban J connectivity index is 1.59. The van der Waals surface area contributed by atoms with Gasteiger partial charge in [0.2, 0.25) is 0 Å². The van der Waals surface area contributed by atoms with Crippen molar-refractivity contribution in [2.24, 2.45) is 0 Å². The van der Waals surface area contributed by atoms with Crippen LogP contribution in [-0.4, -0.2) is 62.3 Å². The van der Waals surface area contributed by atoms with E-state index in [0.717, 1.165) is 63.5 Å². The lowest BCUT2D eigenvalue weighted by atomic mass is 10.1. The average Bonchev–Trinajstić information content (AvgIpc) is 2.70. The monoisotopic (exact) mass is 324 g/mol. The number of rotatable bonds is 3. The van der Waals surface area contributed by atoms with Crippen LogP contribution in [0.25, 0.3) is 11.1 Å². The Morgan fingerprint density at radius 1 is 0.625 bits per heavy atom. The van der Waals surface area contributed by atoms with Crippen LogP contribution in [0.2, 0.25) is 0 Å². The third-order valence-corrected chi connectivity index (χ3v) is 4.75. The highest BCUT2D eigenvalue weighted by Crippen LogP contribution is 2.26. The maximum atomic E-state index is 4.46. The summed E-state index contributed by atoms with van der Waals surface area (Å²) < 4.78 is 0. The maximum Gasteiger partial charge on any atom is 0.0559 e. The number of hydrogen-bond acceptors (Lipinski definition) is 6. The lowest BCUT2D eigenvalue weighted by Crippen LogP contribution is -2.43. The Bertz CT molecular complexity index is 617. The van der Waals surface area contributed by atoms with Crippen molar-refractivity contribution in [3.05, 3.63) is 36.9 Å².